The van der Waals surface area contributed by atoms with E-state index in [-0.39, 0.29) is 68.9 Å². The second kappa shape index (κ2) is 28.6. The number of aromatic nitrogens is 1. The molecule has 11 unspecified atom stereocenters. The SMILES string of the molecule is CCC(C)C1NC(=O)C(Cc2c[nH]c3ccccc23)NC(=O)C(Cc2ccccc2)NC(=O)C(Cc2ccccc2)NC(=O)C2CCCN2C(=O)C(CCS(C)=O)NC(=O)C(CC(C)C)NC(=O)C(CCS(C)=O)NC1=O. The van der Waals surface area contributed by atoms with Crippen LogP contribution in [0.4, 0.5) is 0 Å². The number of H-pyrrole nitrogens is 1. The van der Waals surface area contributed by atoms with Gasteiger partial charge in [-0.05, 0) is 66.7 Å². The molecule has 1 aromatic heterocycles. The highest BCUT2D eigenvalue weighted by molar-refractivity contribution is 7.84. The Morgan fingerprint density at radius 1 is 0.545 bits per heavy atom. The Labute approximate surface area is 455 Å². The topological polar surface area (TPSA) is 274 Å². The molecule has 2 aliphatic rings. The standard InChI is InChI=1S/C56H75N9O10S2/c1-7-35(4)48-55(72)58-41(24-27-76(5)74)49(66)60-43(29-34(2)3)50(67)59-42(25-28-77(6)75)56(73)65-26-16-23-47(65)54(71)63-45(31-37-19-12-9-13-20-37)52(69)61-44(30-36-17-10-8-11-18-36)51(68)62-46(53(70)64-48)32-38-33-57-40-22-15-14-21-39(38)40/h8-15,17-22,33-35,41-48,57H,7,16,23-32H2,1-6H3,(H,58,72)(H,59,67)(H,60,66)(H,61,69)(H,62,68)(H,63,71)(H,64,70). The van der Waals surface area contributed by atoms with E-state index in [1.54, 1.807) is 67.7 Å². The lowest BCUT2D eigenvalue weighted by molar-refractivity contribution is -0.142. The number of hydrogen-bond acceptors (Lipinski definition) is 10. The van der Waals surface area contributed by atoms with Gasteiger partial charge in [0.25, 0.3) is 0 Å². The van der Waals surface area contributed by atoms with Crippen molar-refractivity contribution in [2.24, 2.45) is 11.8 Å². The molecule has 6 rings (SSSR count). The number of para-hydroxylation sites is 1. The van der Waals surface area contributed by atoms with E-state index in [0.29, 0.717) is 29.5 Å². The van der Waals surface area contributed by atoms with Gasteiger partial charge in [0.1, 0.15) is 48.3 Å². The second-order valence-electron chi connectivity index (χ2n) is 20.6. The van der Waals surface area contributed by atoms with Crippen molar-refractivity contribution in [2.45, 2.75) is 134 Å². The first-order valence-electron chi connectivity index (χ1n) is 26.5. The lowest BCUT2D eigenvalue weighted by atomic mass is 9.96. The van der Waals surface area contributed by atoms with Gasteiger partial charge in [0.2, 0.25) is 47.3 Å². The number of hydrogen-bond donors (Lipinski definition) is 8. The van der Waals surface area contributed by atoms with E-state index < -0.39 is 123 Å². The van der Waals surface area contributed by atoms with Crippen molar-refractivity contribution in [2.75, 3.05) is 30.6 Å². The Morgan fingerprint density at radius 2 is 1.01 bits per heavy atom. The first-order chi connectivity index (χ1) is 36.8. The molecule has 8 N–H and O–H groups in total. The lowest BCUT2D eigenvalue weighted by Crippen LogP contribution is -2.62. The lowest BCUT2D eigenvalue weighted by Gasteiger charge is -2.32. The molecule has 21 heteroatoms. The third kappa shape index (κ3) is 17.1. The molecule has 11 atom stereocenters. The van der Waals surface area contributed by atoms with Gasteiger partial charge in [0.15, 0.2) is 0 Å². The number of aromatic amines is 1. The molecule has 0 spiro atoms. The molecule has 77 heavy (non-hydrogen) atoms. The Kier molecular flexibility index (Phi) is 22.1. The molecule has 3 heterocycles. The van der Waals surface area contributed by atoms with Crippen LogP contribution < -0.4 is 37.2 Å². The maximum absolute atomic E-state index is 15.0. The van der Waals surface area contributed by atoms with Gasteiger partial charge in [0.05, 0.1) is 0 Å². The minimum atomic E-state index is -1.42. The molecule has 0 radical (unpaired) electrons. The average molecular weight is 1100 g/mol. The summed E-state index contributed by atoms with van der Waals surface area (Å²) < 4.78 is 25.0. The molecule has 2 aliphatic heterocycles. The smallest absolute Gasteiger partial charge is 0.245 e. The zero-order valence-electron chi connectivity index (χ0n) is 44.8. The Morgan fingerprint density at radius 3 is 1.58 bits per heavy atom. The van der Waals surface area contributed by atoms with Crippen LogP contribution in [0.3, 0.4) is 0 Å². The van der Waals surface area contributed by atoms with Crippen molar-refractivity contribution in [3.63, 3.8) is 0 Å². The van der Waals surface area contributed by atoms with Crippen LogP contribution in [-0.4, -0.2) is 144 Å². The van der Waals surface area contributed by atoms with Crippen LogP contribution in [0.15, 0.2) is 91.1 Å². The molecule has 2 saturated heterocycles. The fraction of sp³-hybridized carbons (Fsp3) is 0.500. The number of amides is 8. The highest BCUT2D eigenvalue weighted by Crippen LogP contribution is 2.23. The highest BCUT2D eigenvalue weighted by atomic mass is 32.2. The summed E-state index contributed by atoms with van der Waals surface area (Å²) in [5.74, 6) is -6.41. The van der Waals surface area contributed by atoms with Crippen molar-refractivity contribution < 1.29 is 46.8 Å². The summed E-state index contributed by atoms with van der Waals surface area (Å²) in [5.41, 5.74) is 2.81. The van der Waals surface area contributed by atoms with Gasteiger partial charge in [-0.25, -0.2) is 0 Å². The van der Waals surface area contributed by atoms with E-state index in [0.717, 1.165) is 10.9 Å². The number of fused-ring (bicyclic) bond motifs is 2. The predicted octanol–water partition coefficient (Wildman–Crippen LogP) is 2.22. The maximum Gasteiger partial charge on any atom is 0.245 e. The molecular weight excluding hydrogens is 1020 g/mol. The summed E-state index contributed by atoms with van der Waals surface area (Å²) in [7, 11) is -2.82. The number of carbonyl (C=O) groups excluding carboxylic acids is 8. The largest absolute Gasteiger partial charge is 0.361 e. The Bertz CT molecular complexity index is 2760. The number of benzene rings is 3. The van der Waals surface area contributed by atoms with Crippen LogP contribution in [0.1, 0.15) is 82.9 Å². The zero-order valence-corrected chi connectivity index (χ0v) is 46.4. The van der Waals surface area contributed by atoms with Crippen molar-refractivity contribution in [1.29, 1.82) is 0 Å². The van der Waals surface area contributed by atoms with Gasteiger partial charge in [0, 0.05) is 88.5 Å². The van der Waals surface area contributed by atoms with Crippen LogP contribution in [0.5, 0.6) is 0 Å². The molecule has 19 nitrogen and oxygen atoms in total. The van der Waals surface area contributed by atoms with Crippen LogP contribution in [0.25, 0.3) is 10.9 Å². The number of nitrogens with zero attached hydrogens (tertiary/aromatic N) is 1. The minimum Gasteiger partial charge on any atom is -0.361 e. The average Bonchev–Trinajstić information content (AvgIpc) is 4.07. The van der Waals surface area contributed by atoms with Crippen molar-refractivity contribution in [3.05, 3.63) is 108 Å². The fourth-order valence-electron chi connectivity index (χ4n) is 9.72. The molecule has 3 aromatic carbocycles. The number of nitrogens with one attached hydrogen (secondary N) is 8. The molecule has 8 amide bonds. The molecule has 2 fully saturated rings. The van der Waals surface area contributed by atoms with Gasteiger partial charge in [-0.3, -0.25) is 46.8 Å². The molecule has 0 saturated carbocycles. The van der Waals surface area contributed by atoms with Gasteiger partial charge >= 0.3 is 0 Å². The maximum atomic E-state index is 15.0. The summed E-state index contributed by atoms with van der Waals surface area (Å²) in [6, 6.07) is 15.2. The fourth-order valence-corrected chi connectivity index (χ4v) is 10.9. The van der Waals surface area contributed by atoms with Crippen LogP contribution in [-0.2, 0) is 79.2 Å². The number of carbonyl (C=O) groups is 8. The summed E-state index contributed by atoms with van der Waals surface area (Å²) in [5, 5.41) is 20.7. The quantitative estimate of drug-likeness (QED) is 0.0811. The summed E-state index contributed by atoms with van der Waals surface area (Å²) in [6.45, 7) is 7.38. The first-order valence-corrected chi connectivity index (χ1v) is 29.9. The van der Waals surface area contributed by atoms with E-state index in [1.807, 2.05) is 51.1 Å². The minimum absolute atomic E-state index is 0.00939. The molecular formula is C56H75N9O10S2. The molecule has 416 valence electrons. The van der Waals surface area contributed by atoms with Crippen LogP contribution in [0, 0.1) is 11.8 Å². The molecule has 0 aliphatic carbocycles. The number of rotatable bonds is 16. The summed E-state index contributed by atoms with van der Waals surface area (Å²) >= 11 is 0. The Hall–Kier alpha value is -6.74. The van der Waals surface area contributed by atoms with E-state index in [9.17, 15) is 46.8 Å². The van der Waals surface area contributed by atoms with Gasteiger partial charge in [-0.2, -0.15) is 0 Å². The van der Waals surface area contributed by atoms with Crippen molar-refractivity contribution >= 4 is 79.8 Å². The zero-order chi connectivity index (χ0) is 55.8. The van der Waals surface area contributed by atoms with E-state index in [1.165, 1.54) is 17.4 Å². The van der Waals surface area contributed by atoms with Gasteiger partial charge in [-0.15, -0.1) is 0 Å². The van der Waals surface area contributed by atoms with E-state index >= 15 is 0 Å². The second-order valence-corrected chi connectivity index (χ2v) is 23.7. The molecule has 4 aromatic rings. The third-order valence-electron chi connectivity index (χ3n) is 14.2. The molecule has 0 bridgehead atoms. The van der Waals surface area contributed by atoms with Gasteiger partial charge in [-0.1, -0.05) is 113 Å². The summed E-state index contributed by atoms with van der Waals surface area (Å²) in [6.07, 6.45) is 5.47. The predicted molar refractivity (Wildman–Crippen MR) is 297 cm³/mol. The van der Waals surface area contributed by atoms with Crippen LogP contribution >= 0.6 is 0 Å². The third-order valence-corrected chi connectivity index (χ3v) is 15.8. The van der Waals surface area contributed by atoms with E-state index in [4.69, 9.17) is 0 Å². The van der Waals surface area contributed by atoms with E-state index in [2.05, 4.69) is 42.2 Å². The van der Waals surface area contributed by atoms with Gasteiger partial charge < -0.3 is 47.1 Å². The monoisotopic (exact) mass is 1100 g/mol. The normalized spacial score (nSPS) is 25.0. The highest BCUT2D eigenvalue weighted by Gasteiger charge is 2.41. The Balaban J connectivity index is 1.46. The van der Waals surface area contributed by atoms with Crippen molar-refractivity contribution in [3.8, 4) is 0 Å². The first kappa shape index (κ1) is 59.5. The summed E-state index contributed by atoms with van der Waals surface area (Å²) in [4.78, 5) is 122. The van der Waals surface area contributed by atoms with Crippen molar-refractivity contribution in [1.82, 2.24) is 47.1 Å². The van der Waals surface area contributed by atoms with Crippen LogP contribution in [0.2, 0.25) is 0 Å².